The lowest BCUT2D eigenvalue weighted by Crippen LogP contribution is -2.05. The van der Waals surface area contributed by atoms with Crippen molar-refractivity contribution in [2.45, 2.75) is 25.7 Å². The van der Waals surface area contributed by atoms with Crippen LogP contribution in [-0.4, -0.2) is 15.0 Å². The Labute approximate surface area is 98.9 Å². The molecule has 1 aliphatic carbocycles. The zero-order valence-electron chi connectivity index (χ0n) is 9.53. The van der Waals surface area contributed by atoms with Crippen molar-refractivity contribution in [3.05, 3.63) is 35.9 Å². The summed E-state index contributed by atoms with van der Waals surface area (Å²) in [6, 6.07) is 2.03. The lowest BCUT2D eigenvalue weighted by molar-refractivity contribution is 0.672. The van der Waals surface area contributed by atoms with Crippen LogP contribution in [0, 0.1) is 0 Å². The average molecular weight is 223 g/mol. The minimum Gasteiger partial charge on any atom is -0.354 e. The number of fused-ring (bicyclic) bond motifs is 5. The first-order valence-corrected chi connectivity index (χ1v) is 6.15. The first-order valence-electron chi connectivity index (χ1n) is 6.15. The standard InChI is InChI=1S/C14H13N3/c1-2-4-12-9(3-1)14-11(8-16-12)10-7-15-6-5-13(10)17-14/h5-8,17H,1-4H2. The Balaban J connectivity index is 2.16. The zero-order chi connectivity index (χ0) is 11.2. The Morgan fingerprint density at radius 2 is 2.00 bits per heavy atom. The summed E-state index contributed by atoms with van der Waals surface area (Å²) in [5.74, 6) is 0. The van der Waals surface area contributed by atoms with Gasteiger partial charge in [0, 0.05) is 40.6 Å². The highest BCUT2D eigenvalue weighted by Gasteiger charge is 2.16. The monoisotopic (exact) mass is 223 g/mol. The lowest BCUT2D eigenvalue weighted by Gasteiger charge is -2.14. The molecule has 4 rings (SSSR count). The number of aromatic amines is 1. The first-order chi connectivity index (χ1) is 8.43. The molecule has 0 unspecified atom stereocenters. The highest BCUT2D eigenvalue weighted by molar-refractivity contribution is 6.07. The van der Waals surface area contributed by atoms with Crippen molar-refractivity contribution >= 4 is 21.8 Å². The summed E-state index contributed by atoms with van der Waals surface area (Å²) in [7, 11) is 0. The third-order valence-electron chi connectivity index (χ3n) is 3.73. The van der Waals surface area contributed by atoms with Gasteiger partial charge in [0.05, 0.1) is 5.52 Å². The second-order valence-corrected chi connectivity index (χ2v) is 4.73. The van der Waals surface area contributed by atoms with Crippen molar-refractivity contribution in [1.29, 1.82) is 0 Å². The molecule has 1 N–H and O–H groups in total. The molecule has 3 aromatic rings. The summed E-state index contributed by atoms with van der Waals surface area (Å²) < 4.78 is 0. The molecule has 84 valence electrons. The molecule has 0 spiro atoms. The van der Waals surface area contributed by atoms with E-state index in [4.69, 9.17) is 0 Å². The van der Waals surface area contributed by atoms with Gasteiger partial charge >= 0.3 is 0 Å². The summed E-state index contributed by atoms with van der Waals surface area (Å²) in [6.07, 6.45) is 10.6. The molecule has 0 bridgehead atoms. The molecule has 0 aliphatic heterocycles. The van der Waals surface area contributed by atoms with E-state index in [1.807, 2.05) is 24.7 Å². The fourth-order valence-electron chi connectivity index (χ4n) is 2.87. The van der Waals surface area contributed by atoms with E-state index in [0.717, 1.165) is 18.4 Å². The largest absolute Gasteiger partial charge is 0.354 e. The quantitative estimate of drug-likeness (QED) is 0.636. The summed E-state index contributed by atoms with van der Waals surface area (Å²) in [6.45, 7) is 0. The van der Waals surface area contributed by atoms with Gasteiger partial charge in [-0.25, -0.2) is 0 Å². The van der Waals surface area contributed by atoms with Crippen molar-refractivity contribution < 1.29 is 0 Å². The van der Waals surface area contributed by atoms with E-state index in [2.05, 4.69) is 15.0 Å². The first kappa shape index (κ1) is 9.16. The van der Waals surface area contributed by atoms with E-state index >= 15 is 0 Å². The van der Waals surface area contributed by atoms with E-state index in [1.165, 1.54) is 40.4 Å². The Bertz CT molecular complexity index is 712. The van der Waals surface area contributed by atoms with Gasteiger partial charge in [0.1, 0.15) is 0 Å². The smallest absolute Gasteiger partial charge is 0.0531 e. The van der Waals surface area contributed by atoms with E-state index in [1.54, 1.807) is 0 Å². The Hall–Kier alpha value is -1.90. The van der Waals surface area contributed by atoms with E-state index < -0.39 is 0 Å². The molecule has 0 aromatic carbocycles. The van der Waals surface area contributed by atoms with Crippen LogP contribution < -0.4 is 0 Å². The predicted molar refractivity (Wildman–Crippen MR) is 68.0 cm³/mol. The Morgan fingerprint density at radius 1 is 1.06 bits per heavy atom. The van der Waals surface area contributed by atoms with Gasteiger partial charge in [0.2, 0.25) is 0 Å². The van der Waals surface area contributed by atoms with Crippen LogP contribution in [0.15, 0.2) is 24.7 Å². The van der Waals surface area contributed by atoms with Gasteiger partial charge in [-0.1, -0.05) is 0 Å². The molecule has 3 aromatic heterocycles. The van der Waals surface area contributed by atoms with Gasteiger partial charge in [0.25, 0.3) is 0 Å². The van der Waals surface area contributed by atoms with Crippen molar-refractivity contribution in [3.8, 4) is 0 Å². The van der Waals surface area contributed by atoms with E-state index in [-0.39, 0.29) is 0 Å². The fourth-order valence-corrected chi connectivity index (χ4v) is 2.87. The molecular weight excluding hydrogens is 210 g/mol. The molecule has 0 saturated carbocycles. The molecule has 3 nitrogen and oxygen atoms in total. The third-order valence-corrected chi connectivity index (χ3v) is 3.73. The number of hydrogen-bond donors (Lipinski definition) is 1. The maximum atomic E-state index is 4.62. The third kappa shape index (κ3) is 1.22. The van der Waals surface area contributed by atoms with Crippen LogP contribution in [0.4, 0.5) is 0 Å². The van der Waals surface area contributed by atoms with Crippen molar-refractivity contribution in [3.63, 3.8) is 0 Å². The molecular formula is C14H13N3. The molecule has 0 fully saturated rings. The van der Waals surface area contributed by atoms with Crippen molar-refractivity contribution in [2.75, 3.05) is 0 Å². The van der Waals surface area contributed by atoms with Gasteiger partial charge in [-0.15, -0.1) is 0 Å². The highest BCUT2D eigenvalue weighted by Crippen LogP contribution is 2.31. The molecule has 1 aliphatic rings. The molecule has 0 radical (unpaired) electrons. The minimum atomic E-state index is 1.12. The maximum Gasteiger partial charge on any atom is 0.0531 e. The van der Waals surface area contributed by atoms with E-state index in [0.29, 0.717) is 0 Å². The van der Waals surface area contributed by atoms with Crippen LogP contribution >= 0.6 is 0 Å². The van der Waals surface area contributed by atoms with Gasteiger partial charge in [-0.2, -0.15) is 0 Å². The van der Waals surface area contributed by atoms with Crippen LogP contribution in [0.1, 0.15) is 24.1 Å². The van der Waals surface area contributed by atoms with Gasteiger partial charge in [-0.05, 0) is 37.3 Å². The lowest BCUT2D eigenvalue weighted by atomic mass is 9.94. The Morgan fingerprint density at radius 3 is 3.00 bits per heavy atom. The molecule has 0 atom stereocenters. The van der Waals surface area contributed by atoms with Gasteiger partial charge in [0.15, 0.2) is 0 Å². The molecule has 3 heteroatoms. The molecule has 3 heterocycles. The van der Waals surface area contributed by atoms with Gasteiger partial charge < -0.3 is 4.98 Å². The molecule has 0 saturated heterocycles. The predicted octanol–water partition coefficient (Wildman–Crippen LogP) is 2.99. The summed E-state index contributed by atoms with van der Waals surface area (Å²) >= 11 is 0. The Kier molecular flexibility index (Phi) is 1.78. The summed E-state index contributed by atoms with van der Waals surface area (Å²) in [5, 5.41) is 2.40. The van der Waals surface area contributed by atoms with Crippen LogP contribution in [0.3, 0.4) is 0 Å². The van der Waals surface area contributed by atoms with Crippen LogP contribution in [0.5, 0.6) is 0 Å². The number of pyridine rings is 2. The number of nitrogens with one attached hydrogen (secondary N) is 1. The van der Waals surface area contributed by atoms with Crippen molar-refractivity contribution in [2.24, 2.45) is 0 Å². The number of rotatable bonds is 0. The zero-order valence-corrected chi connectivity index (χ0v) is 9.53. The van der Waals surface area contributed by atoms with E-state index in [9.17, 15) is 0 Å². The number of H-pyrrole nitrogens is 1. The molecule has 17 heavy (non-hydrogen) atoms. The topological polar surface area (TPSA) is 41.6 Å². The fraction of sp³-hybridized carbons (Fsp3) is 0.286. The van der Waals surface area contributed by atoms with Crippen LogP contribution in [0.2, 0.25) is 0 Å². The maximum absolute atomic E-state index is 4.62. The second-order valence-electron chi connectivity index (χ2n) is 4.73. The number of hydrogen-bond acceptors (Lipinski definition) is 2. The summed E-state index contributed by atoms with van der Waals surface area (Å²) in [5.41, 5.74) is 5.14. The SMILES string of the molecule is c1cc2[nH]c3c4c(ncc3c2cn1)CCCC4. The summed E-state index contributed by atoms with van der Waals surface area (Å²) in [4.78, 5) is 12.3. The molecule has 0 amide bonds. The van der Waals surface area contributed by atoms with Crippen LogP contribution in [-0.2, 0) is 12.8 Å². The number of nitrogens with zero attached hydrogens (tertiary/aromatic N) is 2. The minimum absolute atomic E-state index is 1.12. The van der Waals surface area contributed by atoms with Crippen molar-refractivity contribution in [1.82, 2.24) is 15.0 Å². The van der Waals surface area contributed by atoms with Crippen LogP contribution in [0.25, 0.3) is 21.8 Å². The van der Waals surface area contributed by atoms with Gasteiger partial charge in [-0.3, -0.25) is 9.97 Å². The average Bonchev–Trinajstić information content (AvgIpc) is 2.78. The number of aryl methyl sites for hydroxylation is 2. The normalized spacial score (nSPS) is 15.3. The second kappa shape index (κ2) is 3.29. The highest BCUT2D eigenvalue weighted by atomic mass is 14.8. The number of aromatic nitrogens is 3.